The van der Waals surface area contributed by atoms with Crippen LogP contribution in [0.2, 0.25) is 0 Å². The molecule has 0 rings (SSSR count). The lowest BCUT2D eigenvalue weighted by atomic mass is 10.2. The number of hydrogen-bond acceptors (Lipinski definition) is 6. The first-order valence-corrected chi connectivity index (χ1v) is 10.3. The summed E-state index contributed by atoms with van der Waals surface area (Å²) < 4.78 is 9.90. The van der Waals surface area contributed by atoms with E-state index in [0.29, 0.717) is 11.7 Å². The van der Waals surface area contributed by atoms with Crippen molar-refractivity contribution in [1.29, 1.82) is 0 Å². The highest BCUT2D eigenvalue weighted by molar-refractivity contribution is 7.99. The number of carbonyl (C=O) groups excluding carboxylic acids is 2. The highest BCUT2D eigenvalue weighted by Crippen LogP contribution is 2.10. The number of thioether (sulfide) groups is 2. The topological polar surface area (TPSA) is 64.6 Å². The maximum Gasteiger partial charge on any atom is 0.408 e. The van der Waals surface area contributed by atoms with Crippen molar-refractivity contribution in [3.8, 4) is 0 Å². The van der Waals surface area contributed by atoms with Crippen molar-refractivity contribution < 1.29 is 19.1 Å². The molecule has 1 amide bonds. The zero-order chi connectivity index (χ0) is 18.6. The average Bonchev–Trinajstić information content (AvgIpc) is 2.45. The second-order valence-corrected chi connectivity index (χ2v) is 8.81. The molecule has 0 aliphatic rings. The molecule has 0 saturated heterocycles. The lowest BCUT2D eigenvalue weighted by Gasteiger charge is -2.22. The number of esters is 1. The summed E-state index contributed by atoms with van der Waals surface area (Å²) in [5.74, 6) is 3.61. The number of amides is 1. The van der Waals surface area contributed by atoms with E-state index in [2.05, 4.69) is 31.3 Å². The van der Waals surface area contributed by atoms with Crippen molar-refractivity contribution in [1.82, 2.24) is 5.32 Å². The Morgan fingerprint density at radius 2 is 1.62 bits per heavy atom. The van der Waals surface area contributed by atoms with Crippen molar-refractivity contribution in [2.75, 3.05) is 30.1 Å². The minimum Gasteiger partial charge on any atom is -0.467 e. The number of rotatable bonds is 10. The molecule has 0 aromatic rings. The number of carbonyl (C=O) groups is 2. The molecule has 0 radical (unpaired) electrons. The van der Waals surface area contributed by atoms with Crippen LogP contribution < -0.4 is 5.32 Å². The van der Waals surface area contributed by atoms with Crippen LogP contribution in [0.5, 0.6) is 0 Å². The highest BCUT2D eigenvalue weighted by atomic mass is 32.2. The van der Waals surface area contributed by atoms with Crippen LogP contribution in [0.15, 0.2) is 12.2 Å². The van der Waals surface area contributed by atoms with Gasteiger partial charge in [0.15, 0.2) is 0 Å². The van der Waals surface area contributed by atoms with Crippen molar-refractivity contribution >= 4 is 35.6 Å². The summed E-state index contributed by atoms with van der Waals surface area (Å²) >= 11 is 3.47. The zero-order valence-corrected chi connectivity index (χ0v) is 17.2. The maximum atomic E-state index is 11.8. The van der Waals surface area contributed by atoms with Crippen LogP contribution in [0.25, 0.3) is 0 Å². The largest absolute Gasteiger partial charge is 0.467 e. The van der Waals surface area contributed by atoms with E-state index in [-0.39, 0.29) is 0 Å². The lowest BCUT2D eigenvalue weighted by Crippen LogP contribution is -2.45. The van der Waals surface area contributed by atoms with E-state index in [9.17, 15) is 9.59 Å². The Morgan fingerprint density at radius 3 is 2.08 bits per heavy atom. The Kier molecular flexibility index (Phi) is 12.1. The number of methoxy groups -OCH3 is 1. The fourth-order valence-electron chi connectivity index (χ4n) is 1.52. The fraction of sp³-hybridized carbons (Fsp3) is 0.765. The van der Waals surface area contributed by atoms with Gasteiger partial charge >= 0.3 is 12.1 Å². The van der Waals surface area contributed by atoms with E-state index in [0.717, 1.165) is 17.3 Å². The Bertz CT molecular complexity index is 406. The molecule has 0 saturated carbocycles. The summed E-state index contributed by atoms with van der Waals surface area (Å²) in [6.45, 7) is 9.73. The summed E-state index contributed by atoms with van der Waals surface area (Å²) in [5, 5.41) is 2.56. The van der Waals surface area contributed by atoms with Gasteiger partial charge in [0.2, 0.25) is 0 Å². The molecule has 0 bridgehead atoms. The minimum absolute atomic E-state index is 0.440. The monoisotopic (exact) mass is 377 g/mol. The standard InChI is InChI=1S/C17H31NO4S2/c1-13(2)11-23-9-7-8-10-24-12-14(15(19)21-6)18-16(20)22-17(3,4)5/h7-8,13-14H,9-12H2,1-6H3,(H,18,20)/b8-7-/t14-/m0/s1. The molecular weight excluding hydrogens is 346 g/mol. The molecule has 7 heteroatoms. The van der Waals surface area contributed by atoms with Crippen molar-refractivity contribution in [2.24, 2.45) is 5.92 Å². The van der Waals surface area contributed by atoms with Crippen LogP contribution in [-0.4, -0.2) is 53.8 Å². The Morgan fingerprint density at radius 1 is 1.08 bits per heavy atom. The van der Waals surface area contributed by atoms with Crippen LogP contribution in [0, 0.1) is 5.92 Å². The van der Waals surface area contributed by atoms with E-state index in [1.54, 1.807) is 32.5 Å². The quantitative estimate of drug-likeness (QED) is 0.355. The Labute approximate surface area is 154 Å². The molecule has 0 fully saturated rings. The van der Waals surface area contributed by atoms with Gasteiger partial charge in [0.1, 0.15) is 11.6 Å². The molecule has 1 N–H and O–H groups in total. The number of alkyl carbamates (subject to hydrolysis) is 1. The number of nitrogens with one attached hydrogen (secondary N) is 1. The molecule has 140 valence electrons. The molecular formula is C17H31NO4S2. The molecule has 0 aromatic carbocycles. The third-order valence-corrected chi connectivity index (χ3v) is 4.83. The van der Waals surface area contributed by atoms with Gasteiger partial charge in [0, 0.05) is 17.3 Å². The first kappa shape index (κ1) is 23.2. The first-order chi connectivity index (χ1) is 11.2. The van der Waals surface area contributed by atoms with Gasteiger partial charge in [0.25, 0.3) is 0 Å². The Balaban J connectivity index is 4.15. The fourth-order valence-corrected chi connectivity index (χ4v) is 3.27. The molecule has 0 aromatic heterocycles. The summed E-state index contributed by atoms with van der Waals surface area (Å²) in [4.78, 5) is 23.5. The second kappa shape index (κ2) is 12.5. The Hall–Kier alpha value is -0.820. The van der Waals surface area contributed by atoms with Gasteiger partial charge in [-0.1, -0.05) is 26.0 Å². The van der Waals surface area contributed by atoms with Crippen LogP contribution in [0.1, 0.15) is 34.6 Å². The van der Waals surface area contributed by atoms with Gasteiger partial charge in [-0.05, 0) is 32.4 Å². The van der Waals surface area contributed by atoms with Gasteiger partial charge in [-0.25, -0.2) is 9.59 Å². The van der Waals surface area contributed by atoms with Crippen molar-refractivity contribution in [2.45, 2.75) is 46.3 Å². The smallest absolute Gasteiger partial charge is 0.408 e. The first-order valence-electron chi connectivity index (χ1n) is 8.03. The summed E-state index contributed by atoms with van der Waals surface area (Å²) in [6.07, 6.45) is 3.60. The van der Waals surface area contributed by atoms with E-state index >= 15 is 0 Å². The van der Waals surface area contributed by atoms with Crippen molar-refractivity contribution in [3.05, 3.63) is 12.2 Å². The molecule has 24 heavy (non-hydrogen) atoms. The summed E-state index contributed by atoms with van der Waals surface area (Å²) in [7, 11) is 1.31. The highest BCUT2D eigenvalue weighted by Gasteiger charge is 2.24. The molecule has 0 spiro atoms. The van der Waals surface area contributed by atoms with Crippen LogP contribution in [-0.2, 0) is 14.3 Å². The SMILES string of the molecule is COC(=O)[C@H](CSC/C=C\CSCC(C)C)NC(=O)OC(C)(C)C. The van der Waals surface area contributed by atoms with Gasteiger partial charge in [-0.3, -0.25) is 0 Å². The number of ether oxygens (including phenoxy) is 2. The molecule has 0 aliphatic carbocycles. The van der Waals surface area contributed by atoms with Crippen LogP contribution >= 0.6 is 23.5 Å². The third-order valence-electron chi connectivity index (χ3n) is 2.51. The van der Waals surface area contributed by atoms with Crippen LogP contribution in [0.4, 0.5) is 4.79 Å². The minimum atomic E-state index is -0.710. The summed E-state index contributed by atoms with van der Waals surface area (Å²) in [6, 6.07) is -0.710. The zero-order valence-electron chi connectivity index (χ0n) is 15.6. The summed E-state index contributed by atoms with van der Waals surface area (Å²) in [5.41, 5.74) is -0.603. The maximum absolute atomic E-state index is 11.8. The molecule has 0 aliphatic heterocycles. The van der Waals surface area contributed by atoms with Gasteiger partial charge in [-0.15, -0.1) is 0 Å². The van der Waals surface area contributed by atoms with Gasteiger partial charge in [-0.2, -0.15) is 23.5 Å². The van der Waals surface area contributed by atoms with E-state index in [1.807, 2.05) is 11.8 Å². The van der Waals surface area contributed by atoms with E-state index < -0.39 is 23.7 Å². The normalized spacial score (nSPS) is 13.1. The van der Waals surface area contributed by atoms with E-state index in [4.69, 9.17) is 9.47 Å². The van der Waals surface area contributed by atoms with Crippen molar-refractivity contribution in [3.63, 3.8) is 0 Å². The average molecular weight is 378 g/mol. The van der Waals surface area contributed by atoms with Gasteiger partial charge in [0.05, 0.1) is 7.11 Å². The van der Waals surface area contributed by atoms with Crippen LogP contribution in [0.3, 0.4) is 0 Å². The number of hydrogen-bond donors (Lipinski definition) is 1. The van der Waals surface area contributed by atoms with Gasteiger partial charge < -0.3 is 14.8 Å². The van der Waals surface area contributed by atoms with E-state index in [1.165, 1.54) is 7.11 Å². The molecule has 0 heterocycles. The predicted octanol–water partition coefficient (Wildman–Crippen LogP) is 3.73. The molecule has 0 unspecified atom stereocenters. The third kappa shape index (κ3) is 13.6. The molecule has 1 atom stereocenters. The second-order valence-electron chi connectivity index (χ2n) is 6.66. The predicted molar refractivity (Wildman–Crippen MR) is 104 cm³/mol. The lowest BCUT2D eigenvalue weighted by molar-refractivity contribution is -0.142. The molecule has 5 nitrogen and oxygen atoms in total.